The zero-order valence-electron chi connectivity index (χ0n) is 22.5. The van der Waals surface area contributed by atoms with Crippen molar-refractivity contribution in [3.63, 3.8) is 0 Å². The molecule has 0 bridgehead atoms. The van der Waals surface area contributed by atoms with E-state index in [0.29, 0.717) is 0 Å². The molecule has 0 radical (unpaired) electrons. The summed E-state index contributed by atoms with van der Waals surface area (Å²) in [6, 6.07) is 0. The fourth-order valence-electron chi connectivity index (χ4n) is 2.54. The van der Waals surface area contributed by atoms with Gasteiger partial charge in [0.05, 0.1) is 0 Å². The van der Waals surface area contributed by atoms with Crippen molar-refractivity contribution in [3.8, 4) is 0 Å². The van der Waals surface area contributed by atoms with E-state index in [1.807, 2.05) is 0 Å². The van der Waals surface area contributed by atoms with Gasteiger partial charge < -0.3 is 25.2 Å². The Bertz CT molecular complexity index is 260. The number of likely N-dealkylation sites (tertiary alicyclic amines) is 1. The molecule has 0 unspecified atom stereocenters. The number of unbranched alkanes of at least 4 members (excludes halogenated alkanes) is 1. The summed E-state index contributed by atoms with van der Waals surface area (Å²) in [5, 5.41) is 6.62. The number of methoxy groups -OCH3 is 1. The molecule has 3 rings (SSSR count). The van der Waals surface area contributed by atoms with E-state index in [1.54, 1.807) is 14.2 Å². The summed E-state index contributed by atoms with van der Waals surface area (Å²) in [4.78, 5) is 4.64. The van der Waals surface area contributed by atoms with Crippen LogP contribution >= 0.6 is 0 Å². The van der Waals surface area contributed by atoms with Crippen molar-refractivity contribution in [1.29, 1.82) is 0 Å². The third kappa shape index (κ3) is 32.5. The summed E-state index contributed by atoms with van der Waals surface area (Å²) in [6.07, 6.45) is 9.48. The van der Waals surface area contributed by atoms with Crippen molar-refractivity contribution in [2.45, 2.75) is 79.6 Å². The van der Waals surface area contributed by atoms with Gasteiger partial charge >= 0.3 is 0 Å². The monoisotopic (exact) mass is 432 g/mol. The minimum absolute atomic E-state index is 1.02. The maximum Gasteiger partial charge on any atom is 0.0351 e. The van der Waals surface area contributed by atoms with Gasteiger partial charge in [-0.25, -0.2) is 0 Å². The Morgan fingerprint density at radius 2 is 1.03 bits per heavy atom. The molecular formula is C25H60N4O. The first-order valence-electron chi connectivity index (χ1n) is 12.7. The van der Waals surface area contributed by atoms with Crippen LogP contribution in [0.5, 0.6) is 0 Å². The van der Waals surface area contributed by atoms with Gasteiger partial charge in [0.15, 0.2) is 0 Å². The number of nitrogens with zero attached hydrogens (tertiary/aromatic N) is 2. The van der Waals surface area contributed by atoms with Crippen LogP contribution in [0.1, 0.15) is 79.6 Å². The van der Waals surface area contributed by atoms with Crippen LogP contribution in [0.15, 0.2) is 0 Å². The van der Waals surface area contributed by atoms with E-state index in [0.717, 1.165) is 19.0 Å². The molecule has 0 aromatic heterocycles. The van der Waals surface area contributed by atoms with Gasteiger partial charge in [-0.3, -0.25) is 0 Å². The molecule has 3 aliphatic heterocycles. The van der Waals surface area contributed by atoms with Crippen LogP contribution in [0.4, 0.5) is 0 Å². The SMILES string of the molecule is CCC.CCC1CCNCC1.CCCC.CN1CCC1.CN1CCNCC1.COC. The van der Waals surface area contributed by atoms with Gasteiger partial charge in [0.25, 0.3) is 0 Å². The molecule has 3 heterocycles. The molecular weight excluding hydrogens is 372 g/mol. The lowest BCUT2D eigenvalue weighted by atomic mass is 9.96. The highest BCUT2D eigenvalue weighted by atomic mass is 16.4. The van der Waals surface area contributed by atoms with Crippen LogP contribution in [0.3, 0.4) is 0 Å². The summed E-state index contributed by atoms with van der Waals surface area (Å²) in [6.45, 7) is 20.8. The van der Waals surface area contributed by atoms with Crippen LogP contribution in [0, 0.1) is 5.92 Å². The predicted molar refractivity (Wildman–Crippen MR) is 138 cm³/mol. The maximum atomic E-state index is 4.25. The van der Waals surface area contributed by atoms with Crippen molar-refractivity contribution in [2.75, 3.05) is 80.7 Å². The Hall–Kier alpha value is -0.200. The lowest BCUT2D eigenvalue weighted by Gasteiger charge is -2.24. The largest absolute Gasteiger partial charge is 0.388 e. The Morgan fingerprint density at radius 1 is 0.700 bits per heavy atom. The van der Waals surface area contributed by atoms with E-state index >= 15 is 0 Å². The zero-order valence-corrected chi connectivity index (χ0v) is 22.5. The number of rotatable bonds is 2. The number of nitrogens with one attached hydrogen (secondary N) is 2. The van der Waals surface area contributed by atoms with Gasteiger partial charge in [-0.1, -0.05) is 60.3 Å². The normalized spacial score (nSPS) is 18.7. The van der Waals surface area contributed by atoms with Crippen molar-refractivity contribution in [1.82, 2.24) is 20.4 Å². The first-order valence-corrected chi connectivity index (χ1v) is 12.7. The molecule has 30 heavy (non-hydrogen) atoms. The summed E-state index contributed by atoms with van der Waals surface area (Å²) in [5.41, 5.74) is 0. The van der Waals surface area contributed by atoms with Gasteiger partial charge in [0.1, 0.15) is 0 Å². The Labute approximate surface area is 191 Å². The summed E-state index contributed by atoms with van der Waals surface area (Å²) in [5.74, 6) is 1.02. The second kappa shape index (κ2) is 31.0. The van der Waals surface area contributed by atoms with Crippen LogP contribution in [0.25, 0.3) is 0 Å². The highest BCUT2D eigenvalue weighted by Crippen LogP contribution is 2.14. The minimum Gasteiger partial charge on any atom is -0.388 e. The molecule has 186 valence electrons. The van der Waals surface area contributed by atoms with Crippen LogP contribution in [0.2, 0.25) is 0 Å². The van der Waals surface area contributed by atoms with Crippen molar-refractivity contribution in [2.24, 2.45) is 5.92 Å². The van der Waals surface area contributed by atoms with Gasteiger partial charge in [0, 0.05) is 40.4 Å². The third-order valence-corrected chi connectivity index (χ3v) is 4.96. The smallest absolute Gasteiger partial charge is 0.0351 e. The summed E-state index contributed by atoms with van der Waals surface area (Å²) < 4.78 is 4.25. The molecule has 0 aliphatic carbocycles. The van der Waals surface area contributed by atoms with E-state index in [2.05, 4.69) is 73.9 Å². The number of hydrogen-bond acceptors (Lipinski definition) is 5. The van der Waals surface area contributed by atoms with E-state index in [1.165, 1.54) is 84.2 Å². The van der Waals surface area contributed by atoms with Gasteiger partial charge in [-0.2, -0.15) is 0 Å². The third-order valence-electron chi connectivity index (χ3n) is 4.96. The van der Waals surface area contributed by atoms with Crippen LogP contribution in [-0.2, 0) is 4.74 Å². The first kappa shape index (κ1) is 34.4. The molecule has 0 saturated carbocycles. The summed E-state index contributed by atoms with van der Waals surface area (Å²) in [7, 11) is 7.55. The van der Waals surface area contributed by atoms with Crippen molar-refractivity contribution < 1.29 is 4.74 Å². The Morgan fingerprint density at radius 3 is 1.20 bits per heavy atom. The van der Waals surface area contributed by atoms with Gasteiger partial charge in [0.2, 0.25) is 0 Å². The molecule has 2 N–H and O–H groups in total. The van der Waals surface area contributed by atoms with Gasteiger partial charge in [-0.05, 0) is 65.5 Å². The molecule has 0 aromatic carbocycles. The second-order valence-corrected chi connectivity index (χ2v) is 8.43. The van der Waals surface area contributed by atoms with E-state index in [4.69, 9.17) is 0 Å². The molecule has 0 aromatic rings. The molecule has 5 nitrogen and oxygen atoms in total. The molecule has 0 spiro atoms. The number of hydrogen-bond donors (Lipinski definition) is 2. The van der Waals surface area contributed by atoms with E-state index in [9.17, 15) is 0 Å². The molecule has 3 saturated heterocycles. The fourth-order valence-corrected chi connectivity index (χ4v) is 2.54. The maximum absolute atomic E-state index is 4.25. The van der Waals surface area contributed by atoms with Crippen molar-refractivity contribution >= 4 is 0 Å². The first-order chi connectivity index (χ1) is 14.5. The Balaban J connectivity index is -0.000000306. The summed E-state index contributed by atoms with van der Waals surface area (Å²) >= 11 is 0. The van der Waals surface area contributed by atoms with E-state index < -0.39 is 0 Å². The number of ether oxygens (including phenoxy) is 1. The number of piperidine rings is 1. The average Bonchev–Trinajstić information content (AvgIpc) is 2.75. The quantitative estimate of drug-likeness (QED) is 0.660. The van der Waals surface area contributed by atoms with Gasteiger partial charge in [-0.15, -0.1) is 0 Å². The lowest BCUT2D eigenvalue weighted by molar-refractivity contribution is 0.229. The molecule has 0 atom stereocenters. The molecule has 3 aliphatic rings. The topological polar surface area (TPSA) is 39.8 Å². The molecule has 3 fully saturated rings. The number of likely N-dealkylation sites (N-methyl/N-ethyl adjacent to an activating group) is 1. The van der Waals surface area contributed by atoms with Crippen LogP contribution < -0.4 is 10.6 Å². The Kier molecular flexibility index (Phi) is 35.5. The molecule has 5 heteroatoms. The van der Waals surface area contributed by atoms with Crippen LogP contribution in [-0.4, -0.2) is 90.5 Å². The van der Waals surface area contributed by atoms with Crippen molar-refractivity contribution in [3.05, 3.63) is 0 Å². The van der Waals surface area contributed by atoms with E-state index in [-0.39, 0.29) is 0 Å². The fraction of sp³-hybridized carbons (Fsp3) is 1.00. The molecule has 0 amide bonds. The zero-order chi connectivity index (χ0) is 23.5. The number of piperazine rings is 1. The minimum atomic E-state index is 1.02. The lowest BCUT2D eigenvalue weighted by Crippen LogP contribution is -2.40. The highest BCUT2D eigenvalue weighted by molar-refractivity contribution is 4.66. The standard InChI is InChI=1S/C7H15N.C5H12N2.C4H9N.C4H10.C3H8.C2H6O/c1-2-7-3-5-8-6-4-7;1-7-4-2-6-3-5-7;1-5-3-2-4-5;1-3-4-2;2*1-3-2/h7-8H,2-6H2,1H3;6H,2-5H2,1H3;2-4H2,1H3;3-4H2,1-2H3;3H2,1-2H3;1-2H3. The predicted octanol–water partition coefficient (Wildman–Crippen LogP) is 4.72. The second-order valence-electron chi connectivity index (χ2n) is 8.43. The highest BCUT2D eigenvalue weighted by Gasteiger charge is 2.09. The average molecular weight is 433 g/mol.